The fraction of sp³-hybridized carbons (Fsp3) is 0.733. The molecule has 1 N–H and O–H groups in total. The van der Waals surface area contributed by atoms with Crippen LogP contribution in [0.3, 0.4) is 0 Å². The molecule has 1 aromatic rings. The lowest BCUT2D eigenvalue weighted by atomic mass is 9.98. The number of benzene rings is 1. The number of carbonyl (C=O) groups is 2. The van der Waals surface area contributed by atoms with Gasteiger partial charge in [-0.05, 0) is 96.3 Å². The highest BCUT2D eigenvalue weighted by Crippen LogP contribution is 2.36. The van der Waals surface area contributed by atoms with E-state index in [1.54, 1.807) is 12.1 Å². The van der Waals surface area contributed by atoms with Crippen LogP contribution in [0, 0.1) is 10.1 Å². The summed E-state index contributed by atoms with van der Waals surface area (Å²) in [4.78, 5) is 35.7. The van der Waals surface area contributed by atoms with Crippen molar-refractivity contribution in [2.45, 2.75) is 126 Å². The number of nitro groups is 1. The number of halogens is 2. The predicted molar refractivity (Wildman–Crippen MR) is 199 cm³/mol. The number of carbonyl (C=O) groups excluding carboxylic acids is 2. The molecule has 1 fully saturated rings. The van der Waals surface area contributed by atoms with Gasteiger partial charge in [-0.2, -0.15) is 0 Å². The largest absolute Gasteiger partial charge is 0.467 e. The number of esters is 1. The second-order valence-corrected chi connectivity index (χ2v) is 34.7. The van der Waals surface area contributed by atoms with Gasteiger partial charge in [0.2, 0.25) is 0 Å². The molecule has 0 aromatic heterocycles. The van der Waals surface area contributed by atoms with Gasteiger partial charge in [-0.25, -0.2) is 4.79 Å². The van der Waals surface area contributed by atoms with Gasteiger partial charge < -0.3 is 37.2 Å². The number of alkyl halides is 2. The molecular weight excluding hydrogens is 748 g/mol. The van der Waals surface area contributed by atoms with Gasteiger partial charge >= 0.3 is 5.97 Å². The van der Waals surface area contributed by atoms with Crippen molar-refractivity contribution in [2.24, 2.45) is 0 Å². The molecule has 2 rings (SSSR count). The maximum Gasteiger partial charge on any atom is 0.337 e. The average molecular weight is 802 g/mol. The fourth-order valence-electron chi connectivity index (χ4n) is 5.06. The first-order valence-electron chi connectivity index (χ1n) is 16.1. The lowest BCUT2D eigenvalue weighted by Gasteiger charge is -2.50. The predicted octanol–water partition coefficient (Wildman–Crippen LogP) is 6.35. The standard InChI is InChI=1S/C30H54Cl2N2O11Si4/c1-39-29(36)25-23(43-47(5,6)7)24(44-48(8,9)10)26(45-49(11,12)13)30(41-25)40-18-21(33-28(35)27(31)32)22(42-46(2,3)4)19-14-16-20(17-15-19)34(37)38/h14-17,21-27,30H,18H2,1-13H3,(H,33,35)/t21-,22?,23+,24+,25+,26-,30-/m1/s1. The average Bonchev–Trinajstić information content (AvgIpc) is 2.93. The van der Waals surface area contributed by atoms with Gasteiger partial charge in [0.25, 0.3) is 11.6 Å². The summed E-state index contributed by atoms with van der Waals surface area (Å²) in [5.74, 6) is -1.35. The molecule has 49 heavy (non-hydrogen) atoms. The minimum atomic E-state index is -2.34. The van der Waals surface area contributed by atoms with Crippen LogP contribution >= 0.6 is 23.2 Å². The number of nitrogens with zero attached hydrogens (tertiary/aromatic N) is 1. The van der Waals surface area contributed by atoms with Crippen LogP contribution in [0.15, 0.2) is 24.3 Å². The number of non-ortho nitro benzene ring substituents is 1. The maximum atomic E-state index is 13.3. The van der Waals surface area contributed by atoms with Crippen molar-refractivity contribution < 1.29 is 46.4 Å². The molecule has 13 nitrogen and oxygen atoms in total. The van der Waals surface area contributed by atoms with Crippen molar-refractivity contribution in [2.75, 3.05) is 13.7 Å². The van der Waals surface area contributed by atoms with E-state index < -0.39 is 97.8 Å². The smallest absolute Gasteiger partial charge is 0.337 e. The van der Waals surface area contributed by atoms with Crippen molar-refractivity contribution in [3.8, 4) is 0 Å². The van der Waals surface area contributed by atoms with Crippen LogP contribution in [0.1, 0.15) is 11.7 Å². The summed E-state index contributed by atoms with van der Waals surface area (Å²) in [5, 5.41) is 14.2. The van der Waals surface area contributed by atoms with Crippen molar-refractivity contribution in [3.63, 3.8) is 0 Å². The molecule has 0 radical (unpaired) electrons. The Morgan fingerprint density at radius 1 is 0.837 bits per heavy atom. The van der Waals surface area contributed by atoms with Crippen molar-refractivity contribution >= 4 is 74.0 Å². The maximum absolute atomic E-state index is 13.3. The molecule has 1 amide bonds. The van der Waals surface area contributed by atoms with E-state index >= 15 is 0 Å². The van der Waals surface area contributed by atoms with E-state index in [0.717, 1.165) is 0 Å². The highest BCUT2D eigenvalue weighted by atomic mass is 35.5. The number of rotatable bonds is 17. The molecule has 0 saturated carbocycles. The summed E-state index contributed by atoms with van der Waals surface area (Å²) in [6, 6.07) is 4.95. The van der Waals surface area contributed by atoms with E-state index in [1.807, 2.05) is 78.6 Å². The van der Waals surface area contributed by atoms with Gasteiger partial charge in [-0.1, -0.05) is 23.2 Å². The molecule has 1 saturated heterocycles. The van der Waals surface area contributed by atoms with Crippen LogP contribution in [0.25, 0.3) is 0 Å². The summed E-state index contributed by atoms with van der Waals surface area (Å²) >= 11 is 11.9. The first-order valence-corrected chi connectivity index (χ1v) is 30.6. The third kappa shape index (κ3) is 14.7. The Balaban J connectivity index is 2.69. The number of hydrogen-bond acceptors (Lipinski definition) is 11. The van der Waals surface area contributed by atoms with E-state index in [1.165, 1.54) is 19.2 Å². The van der Waals surface area contributed by atoms with Crippen LogP contribution < -0.4 is 5.32 Å². The Morgan fingerprint density at radius 3 is 1.76 bits per heavy atom. The Hall–Kier alpha value is -1.23. The number of hydrogen-bond donors (Lipinski definition) is 1. The van der Waals surface area contributed by atoms with E-state index in [-0.39, 0.29) is 12.3 Å². The Kier molecular flexibility index (Phi) is 15.7. The lowest BCUT2D eigenvalue weighted by Crippen LogP contribution is -2.67. The molecule has 19 heteroatoms. The van der Waals surface area contributed by atoms with Crippen LogP contribution in [-0.4, -0.2) is 105 Å². The van der Waals surface area contributed by atoms with E-state index in [4.69, 9.17) is 55.1 Å². The van der Waals surface area contributed by atoms with Gasteiger partial charge in [0.05, 0.1) is 30.8 Å². The second kappa shape index (κ2) is 17.5. The van der Waals surface area contributed by atoms with Crippen LogP contribution in [-0.2, 0) is 41.5 Å². The number of methoxy groups -OCH3 is 1. The summed E-state index contributed by atoms with van der Waals surface area (Å²) in [5.41, 5.74) is 0.450. The molecule has 0 bridgehead atoms. The summed E-state index contributed by atoms with van der Waals surface area (Å²) in [6.45, 7) is 23.9. The fourth-order valence-corrected chi connectivity index (χ4v) is 9.47. The van der Waals surface area contributed by atoms with Crippen LogP contribution in [0.5, 0.6) is 0 Å². The van der Waals surface area contributed by atoms with Crippen molar-refractivity contribution in [1.82, 2.24) is 5.32 Å². The quantitative estimate of drug-likeness (QED) is 0.0617. The first-order chi connectivity index (χ1) is 22.2. The van der Waals surface area contributed by atoms with Crippen LogP contribution in [0.4, 0.5) is 5.69 Å². The molecule has 1 unspecified atom stereocenters. The van der Waals surface area contributed by atoms with Crippen molar-refractivity contribution in [3.05, 3.63) is 39.9 Å². The summed E-state index contributed by atoms with van der Waals surface area (Å²) in [7, 11) is -7.99. The zero-order valence-corrected chi connectivity index (χ0v) is 36.3. The summed E-state index contributed by atoms with van der Waals surface area (Å²) in [6.07, 6.45) is -5.67. The number of nitro benzene ring substituents is 1. The van der Waals surface area contributed by atoms with Gasteiger partial charge in [0.15, 0.2) is 50.5 Å². The third-order valence-electron chi connectivity index (χ3n) is 6.64. The Morgan fingerprint density at radius 2 is 1.33 bits per heavy atom. The van der Waals surface area contributed by atoms with Gasteiger partial charge in [-0.15, -0.1) is 0 Å². The van der Waals surface area contributed by atoms with Gasteiger partial charge in [-0.3, -0.25) is 14.9 Å². The molecule has 280 valence electrons. The molecule has 1 aliphatic heterocycles. The van der Waals surface area contributed by atoms with E-state index in [9.17, 15) is 19.7 Å². The highest BCUT2D eigenvalue weighted by molar-refractivity contribution is 6.71. The molecule has 0 spiro atoms. The topological polar surface area (TPSA) is 154 Å². The molecule has 1 heterocycles. The zero-order valence-electron chi connectivity index (χ0n) is 30.8. The Labute approximate surface area is 304 Å². The molecule has 1 aliphatic rings. The van der Waals surface area contributed by atoms with Crippen molar-refractivity contribution in [1.29, 1.82) is 0 Å². The number of nitrogens with one attached hydrogen (secondary N) is 1. The normalized spacial score (nSPS) is 23.6. The highest BCUT2D eigenvalue weighted by Gasteiger charge is 2.54. The van der Waals surface area contributed by atoms with Gasteiger partial charge in [0.1, 0.15) is 18.3 Å². The third-order valence-corrected chi connectivity index (χ3v) is 10.9. The Bertz CT molecular complexity index is 1270. The molecular formula is C30H54Cl2N2O11Si4. The number of ether oxygens (including phenoxy) is 3. The SMILES string of the molecule is COC(=O)[C@H]1O[C@@H](OC[C@@H](NC(=O)C(Cl)Cl)C(O[Si](C)(C)C)c2ccc([N+](=O)[O-])cc2)[C@H](O[Si](C)(C)C)[C@@H](O[Si](C)(C)C)[C@@H]1O[Si](C)(C)C. The lowest BCUT2D eigenvalue weighted by molar-refractivity contribution is -0.384. The molecule has 1 aromatic carbocycles. The van der Waals surface area contributed by atoms with E-state index in [2.05, 4.69) is 5.32 Å². The van der Waals surface area contributed by atoms with E-state index in [0.29, 0.717) is 5.56 Å². The summed E-state index contributed by atoms with van der Waals surface area (Å²) < 4.78 is 44.7. The second-order valence-electron chi connectivity index (χ2n) is 15.8. The molecule has 7 atom stereocenters. The monoisotopic (exact) mass is 800 g/mol. The number of amides is 1. The van der Waals surface area contributed by atoms with Crippen LogP contribution in [0.2, 0.25) is 78.6 Å². The molecule has 0 aliphatic carbocycles. The minimum absolute atomic E-state index is 0.103. The van der Waals surface area contributed by atoms with Gasteiger partial charge in [0, 0.05) is 12.1 Å². The zero-order chi connectivity index (χ0) is 37.7. The first kappa shape index (κ1) is 43.9. The minimum Gasteiger partial charge on any atom is -0.467 e.